The van der Waals surface area contributed by atoms with E-state index in [9.17, 15) is 30.6 Å². The van der Waals surface area contributed by atoms with E-state index in [0.717, 1.165) is 132 Å². The number of aryl methyl sites for hydroxylation is 3. The number of hydrogen-bond donors (Lipinski definition) is 8. The molecule has 9 atom stereocenters. The molecule has 1 spiro atoms. The van der Waals surface area contributed by atoms with Gasteiger partial charge in [-0.05, 0) is 213 Å². The van der Waals surface area contributed by atoms with Gasteiger partial charge in [0.2, 0.25) is 0 Å². The predicted octanol–water partition coefficient (Wildman–Crippen LogP) is 11.8. The van der Waals surface area contributed by atoms with Crippen molar-refractivity contribution in [2.24, 2.45) is 23.7 Å². The number of phenolic OH excluding ortho intramolecular Hbond substituents is 3. The molecule has 13 heteroatoms. The van der Waals surface area contributed by atoms with Crippen molar-refractivity contribution in [3.05, 3.63) is 170 Å². The van der Waals surface area contributed by atoms with Crippen molar-refractivity contribution in [3.8, 4) is 34.8 Å². The lowest BCUT2D eigenvalue weighted by Crippen LogP contribution is -2.64. The van der Waals surface area contributed by atoms with E-state index in [4.69, 9.17) is 18.9 Å². The van der Waals surface area contributed by atoms with Gasteiger partial charge in [0.25, 0.3) is 0 Å². The Morgan fingerprint density at radius 2 is 1.67 bits per heavy atom. The number of aliphatic hydroxyl groups excluding tert-OH is 3. The topological polar surface area (TPSA) is 187 Å². The molecule has 8 bridgehead atoms. The Kier molecular flexibility index (Phi) is 16.8. The number of fused-ring (bicyclic) bond motifs is 4. The second-order valence-corrected chi connectivity index (χ2v) is 27.0. The van der Waals surface area contributed by atoms with E-state index in [1.54, 1.807) is 31.4 Å². The van der Waals surface area contributed by atoms with Crippen molar-refractivity contribution in [3.63, 3.8) is 0 Å². The van der Waals surface area contributed by atoms with Crippen molar-refractivity contribution in [2.75, 3.05) is 33.7 Å². The maximum absolute atomic E-state index is 12.7. The van der Waals surface area contributed by atoms with E-state index in [1.807, 2.05) is 18.2 Å². The molecular weight excluding hydrogens is 1100 g/mol. The molecule has 1 saturated heterocycles. The van der Waals surface area contributed by atoms with E-state index < -0.39 is 6.10 Å². The maximum atomic E-state index is 12.7. The highest BCUT2D eigenvalue weighted by atomic mass is 16.5. The molecule has 1 unspecified atom stereocenters. The monoisotopic (exact) mass is 1190 g/mol. The molecule has 9 aliphatic rings. The lowest BCUT2D eigenvalue weighted by Gasteiger charge is -2.63. The molecule has 8 N–H and O–H groups in total. The van der Waals surface area contributed by atoms with Gasteiger partial charge in [0.05, 0.1) is 44.4 Å². The zero-order valence-corrected chi connectivity index (χ0v) is 51.0. The number of methoxy groups -OCH3 is 1. The zero-order chi connectivity index (χ0) is 60.1. The van der Waals surface area contributed by atoms with E-state index >= 15 is 0 Å². The summed E-state index contributed by atoms with van der Waals surface area (Å²) in [4.78, 5) is 0. The first kappa shape index (κ1) is 59.0. The summed E-state index contributed by atoms with van der Waals surface area (Å²) < 4.78 is 29.7. The molecule has 5 aliphatic heterocycles. The van der Waals surface area contributed by atoms with Gasteiger partial charge in [-0.3, -0.25) is 5.32 Å². The van der Waals surface area contributed by atoms with E-state index in [-0.39, 0.29) is 96.6 Å². The highest BCUT2D eigenvalue weighted by Crippen LogP contribution is 2.64. The Morgan fingerprint density at radius 1 is 0.818 bits per heavy atom. The van der Waals surface area contributed by atoms with Gasteiger partial charge in [0.1, 0.15) is 30.1 Å². The van der Waals surface area contributed by atoms with Gasteiger partial charge in [-0.15, -0.1) is 0 Å². The van der Waals surface area contributed by atoms with Gasteiger partial charge >= 0.3 is 0 Å². The molecule has 462 valence electrons. The van der Waals surface area contributed by atoms with Gasteiger partial charge in [-0.1, -0.05) is 79.6 Å². The Morgan fingerprint density at radius 3 is 2.50 bits per heavy atom. The minimum absolute atomic E-state index is 0.00683. The Labute approximate surface area is 517 Å². The van der Waals surface area contributed by atoms with Crippen LogP contribution in [-0.4, -0.2) is 92.8 Å². The van der Waals surface area contributed by atoms with E-state index in [0.29, 0.717) is 63.0 Å². The fraction of sp³-hybridized carbons (Fsp3) is 0.493. The van der Waals surface area contributed by atoms with Crippen LogP contribution in [0.25, 0.3) is 16.6 Å². The van der Waals surface area contributed by atoms with Crippen LogP contribution in [0.3, 0.4) is 0 Å². The van der Waals surface area contributed by atoms with Crippen LogP contribution in [0.5, 0.6) is 23.0 Å². The van der Waals surface area contributed by atoms with Gasteiger partial charge in [-0.2, -0.15) is 0 Å². The first-order chi connectivity index (χ1) is 43.0. The standard InChI is InChI=1S/C75H87N3O10/c1-85-45-76-69-37-51-20-18-46(16-17-47-19-24-65(82)53(29-47)30-48-10-5-14-60(81)31-48)9-6-15-61-38-66(83)54-32-52(13-8-28-79)70-62(35-54)56(41-80)36-67(84)72(70)87-42-57-34-59(33-55-39-78(40-63(55)57)73(77-69)64(51)44-86-61)75-58-23-21-49-11-7-12-50(71(49)75)22-25-68(75)74(88-43-58)26-3-2-4-27-74/h5,7,10-12,14,19,24,29,31,33-34,36-37,39-40,46,52,54,58,61,66,68-69,76-77,79-84H,2-4,6,8-9,13,15-17,21-23,25-28,30,32,35,38,41-45H2,1H3/t46-,52-,54-,58-,61+,66+,68+,69?,75+/m1/s1. The van der Waals surface area contributed by atoms with Crippen LogP contribution < -0.4 is 15.4 Å². The fourth-order valence-corrected chi connectivity index (χ4v) is 17.9. The number of nitrogens with one attached hydrogen (secondary N) is 2. The molecule has 4 aliphatic carbocycles. The van der Waals surface area contributed by atoms with Crippen LogP contribution >= 0.6 is 0 Å². The zero-order valence-electron chi connectivity index (χ0n) is 51.0. The van der Waals surface area contributed by atoms with Crippen molar-refractivity contribution < 1.29 is 49.6 Å². The summed E-state index contributed by atoms with van der Waals surface area (Å²) in [7, 11) is 1.69. The highest BCUT2D eigenvalue weighted by Gasteiger charge is 2.63. The second-order valence-electron chi connectivity index (χ2n) is 27.0. The minimum atomic E-state index is -0.750. The third kappa shape index (κ3) is 11.0. The van der Waals surface area contributed by atoms with Crippen LogP contribution in [0.1, 0.15) is 163 Å². The molecule has 1 saturated carbocycles. The highest BCUT2D eigenvalue weighted by molar-refractivity contribution is 5.89. The van der Waals surface area contributed by atoms with Crippen LogP contribution in [0.15, 0.2) is 108 Å². The molecule has 0 amide bonds. The number of aromatic nitrogens is 1. The summed E-state index contributed by atoms with van der Waals surface area (Å²) in [5.41, 5.74) is 13.3. The van der Waals surface area contributed by atoms with Crippen molar-refractivity contribution in [1.82, 2.24) is 15.2 Å². The molecule has 6 heterocycles. The molecule has 15 rings (SSSR count). The molecule has 0 radical (unpaired) electrons. The fourth-order valence-electron chi connectivity index (χ4n) is 17.9. The first-order valence-corrected chi connectivity index (χ1v) is 33.0. The number of phenols is 3. The quantitative estimate of drug-likeness (QED) is 0.0405. The number of rotatable bonds is 13. The van der Waals surface area contributed by atoms with Gasteiger partial charge in [0, 0.05) is 77.3 Å². The van der Waals surface area contributed by atoms with Crippen molar-refractivity contribution in [2.45, 2.75) is 177 Å². The summed E-state index contributed by atoms with van der Waals surface area (Å²) in [6.07, 6.45) is 22.2. The number of aliphatic hydroxyl groups is 3. The van der Waals surface area contributed by atoms with Crippen LogP contribution in [0, 0.1) is 35.5 Å². The van der Waals surface area contributed by atoms with Gasteiger partial charge < -0.3 is 59.5 Å². The predicted molar refractivity (Wildman–Crippen MR) is 340 cm³/mol. The molecular formula is C75H87N3O10. The molecule has 2 fully saturated rings. The molecule has 1 aromatic heterocycles. The number of aromatic hydroxyl groups is 3. The lowest BCUT2D eigenvalue weighted by atomic mass is 9.45. The summed E-state index contributed by atoms with van der Waals surface area (Å²) in [5, 5.41) is 77.2. The van der Waals surface area contributed by atoms with Crippen LogP contribution in [0.2, 0.25) is 0 Å². The second kappa shape index (κ2) is 25.0. The Hall–Kier alpha value is -6.60. The van der Waals surface area contributed by atoms with Crippen LogP contribution in [0.4, 0.5) is 0 Å². The smallest absolute Gasteiger partial charge is 0.165 e. The molecule has 5 aromatic carbocycles. The first-order valence-electron chi connectivity index (χ1n) is 33.0. The third-order valence-electron chi connectivity index (χ3n) is 21.9. The average Bonchev–Trinajstić information content (AvgIpc) is 0.750. The molecule has 88 heavy (non-hydrogen) atoms. The number of benzene rings is 5. The third-order valence-corrected chi connectivity index (χ3v) is 21.9. The van der Waals surface area contributed by atoms with E-state index in [2.05, 4.69) is 81.9 Å². The largest absolute Gasteiger partial charge is 0.508 e. The number of dihydropyridines is 1. The normalized spacial score (nSPS) is 27.1. The van der Waals surface area contributed by atoms with E-state index in [1.165, 1.54) is 41.5 Å². The number of ether oxygens (including phenoxy) is 4. The minimum Gasteiger partial charge on any atom is -0.508 e. The maximum Gasteiger partial charge on any atom is 0.165 e. The van der Waals surface area contributed by atoms with Crippen LogP contribution in [-0.2, 0) is 64.9 Å². The number of hydrogen-bond acceptors (Lipinski definition) is 12. The Balaban J connectivity index is 0.934. The molecule has 13 nitrogen and oxygen atoms in total. The summed E-state index contributed by atoms with van der Waals surface area (Å²) >= 11 is 0. The Bertz CT molecular complexity index is 3700. The van der Waals surface area contributed by atoms with Crippen molar-refractivity contribution >= 4 is 16.6 Å². The lowest BCUT2D eigenvalue weighted by molar-refractivity contribution is -0.193. The molecule has 6 aromatic rings. The summed E-state index contributed by atoms with van der Waals surface area (Å²) in [6, 6.07) is 26.8. The van der Waals surface area contributed by atoms with Crippen molar-refractivity contribution in [1.29, 1.82) is 0 Å². The average molecular weight is 1190 g/mol. The number of nitrogens with zero attached hydrogens (tertiary/aromatic N) is 1. The summed E-state index contributed by atoms with van der Waals surface area (Å²) in [6.45, 7) is 1.16. The summed E-state index contributed by atoms with van der Waals surface area (Å²) in [5.74, 6) is 9.48. The van der Waals surface area contributed by atoms with Gasteiger partial charge in [0.15, 0.2) is 11.5 Å². The van der Waals surface area contributed by atoms with Gasteiger partial charge in [-0.25, -0.2) is 0 Å². The SMILES string of the molecule is COCNC1C=C2C#C[C@@H](CCc3ccc(O)c(Cc4cccc(O)c4)c3)CCC[C@H]3C[C@H](O)[C@H]4Cc5c(CO)cc(O)c(c5[C@H](CCCO)C4)OCc4cc([C@]56c7c8cccc7CC[C@H]5C5(CCCCC5)OC[C@H]6CC8)cc5cn(cc45)C(=C2CO3)N1.